The number of ether oxygens (including phenoxy) is 1. The number of phenols is 1. The Balaban J connectivity index is 1.69. The second kappa shape index (κ2) is 8.69. The first-order chi connectivity index (χ1) is 16.8. The number of nitrogens with one attached hydrogen (secondary N) is 1. The maximum Gasteiger partial charge on any atom is 0.333 e. The molecular formula is C26H19Cl2N3O4. The summed E-state index contributed by atoms with van der Waals surface area (Å²) in [6, 6.07) is 19.0. The SMILES string of the molecule is COc1cccc(-c2ccc(-n3c(Cl)cc4[nH]c(=O)n(-c5cccc(Cl)c5C)c(=O)c43)cc2)c1O. The van der Waals surface area contributed by atoms with Gasteiger partial charge in [0.1, 0.15) is 10.7 Å². The van der Waals surface area contributed by atoms with E-state index < -0.39 is 11.2 Å². The lowest BCUT2D eigenvalue weighted by molar-refractivity contribution is 0.374. The molecule has 0 aliphatic carbocycles. The normalized spacial score (nSPS) is 11.2. The molecule has 0 amide bonds. The van der Waals surface area contributed by atoms with E-state index in [1.807, 2.05) is 0 Å². The van der Waals surface area contributed by atoms with Gasteiger partial charge in [-0.15, -0.1) is 0 Å². The number of hydrogen-bond donors (Lipinski definition) is 2. The molecule has 0 fully saturated rings. The van der Waals surface area contributed by atoms with Crippen LogP contribution in [0.5, 0.6) is 11.5 Å². The van der Waals surface area contributed by atoms with E-state index in [1.54, 1.807) is 72.2 Å². The molecule has 5 aromatic rings. The molecule has 2 N–H and O–H groups in total. The minimum atomic E-state index is -0.592. The molecule has 0 radical (unpaired) electrons. The maximum atomic E-state index is 13.6. The Hall–Kier alpha value is -3.94. The topological polar surface area (TPSA) is 89.2 Å². The van der Waals surface area contributed by atoms with E-state index in [1.165, 1.54) is 13.2 Å². The molecule has 35 heavy (non-hydrogen) atoms. The smallest absolute Gasteiger partial charge is 0.333 e. The Morgan fingerprint density at radius 2 is 1.66 bits per heavy atom. The number of fused-ring (bicyclic) bond motifs is 1. The Morgan fingerprint density at radius 1 is 0.943 bits per heavy atom. The molecule has 7 nitrogen and oxygen atoms in total. The van der Waals surface area contributed by atoms with Crippen LogP contribution in [0.2, 0.25) is 10.2 Å². The van der Waals surface area contributed by atoms with Gasteiger partial charge in [-0.1, -0.05) is 53.5 Å². The summed E-state index contributed by atoms with van der Waals surface area (Å²) in [6.07, 6.45) is 0. The minimum absolute atomic E-state index is 0.0320. The van der Waals surface area contributed by atoms with E-state index in [-0.39, 0.29) is 16.4 Å². The Labute approximate surface area is 209 Å². The molecule has 2 heterocycles. The predicted molar refractivity (Wildman–Crippen MR) is 138 cm³/mol. The summed E-state index contributed by atoms with van der Waals surface area (Å²) >= 11 is 12.8. The molecule has 176 valence electrons. The van der Waals surface area contributed by atoms with Crippen molar-refractivity contribution in [2.75, 3.05) is 7.11 Å². The quantitative estimate of drug-likeness (QED) is 0.337. The van der Waals surface area contributed by atoms with Crippen LogP contribution < -0.4 is 16.0 Å². The zero-order valence-corrected chi connectivity index (χ0v) is 20.2. The lowest BCUT2D eigenvalue weighted by Gasteiger charge is -2.12. The molecule has 0 saturated carbocycles. The van der Waals surface area contributed by atoms with Crippen molar-refractivity contribution in [1.82, 2.24) is 14.1 Å². The van der Waals surface area contributed by atoms with E-state index in [0.717, 1.165) is 10.1 Å². The lowest BCUT2D eigenvalue weighted by Crippen LogP contribution is -2.34. The summed E-state index contributed by atoms with van der Waals surface area (Å²) in [5, 5.41) is 11.2. The number of halogens is 2. The highest BCUT2D eigenvalue weighted by Gasteiger charge is 2.19. The number of H-pyrrole nitrogens is 1. The van der Waals surface area contributed by atoms with Crippen LogP contribution in [0, 0.1) is 6.92 Å². The minimum Gasteiger partial charge on any atom is -0.504 e. The summed E-state index contributed by atoms with van der Waals surface area (Å²) in [7, 11) is 1.49. The lowest BCUT2D eigenvalue weighted by atomic mass is 10.0. The molecule has 2 aromatic heterocycles. The summed E-state index contributed by atoms with van der Waals surface area (Å²) < 4.78 is 7.82. The molecular weight excluding hydrogens is 489 g/mol. The molecule has 3 aromatic carbocycles. The number of rotatable bonds is 4. The number of methoxy groups -OCH3 is 1. The molecule has 0 bridgehead atoms. The number of aromatic hydroxyl groups is 1. The highest BCUT2D eigenvalue weighted by molar-refractivity contribution is 6.31. The van der Waals surface area contributed by atoms with Crippen LogP contribution in [-0.2, 0) is 0 Å². The molecule has 9 heteroatoms. The van der Waals surface area contributed by atoms with Gasteiger partial charge in [0.15, 0.2) is 11.5 Å². The van der Waals surface area contributed by atoms with E-state index in [4.69, 9.17) is 27.9 Å². The van der Waals surface area contributed by atoms with E-state index in [9.17, 15) is 14.7 Å². The first-order valence-corrected chi connectivity index (χ1v) is 11.4. The van der Waals surface area contributed by atoms with Crippen molar-refractivity contribution in [2.45, 2.75) is 6.92 Å². The second-order valence-corrected chi connectivity index (χ2v) is 8.72. The Kier molecular flexibility index (Phi) is 5.67. The second-order valence-electron chi connectivity index (χ2n) is 7.92. The third-order valence-electron chi connectivity index (χ3n) is 5.94. The number of benzene rings is 3. The standard InChI is InChI=1S/C26H19Cl2N3O4/c1-14-18(27)6-4-7-20(14)31-25(33)23-19(29-26(31)34)13-22(28)30(23)16-11-9-15(10-12-16)17-5-3-8-21(35-2)24(17)32/h3-13,32H,1-2H3,(H,29,34). The van der Waals surface area contributed by atoms with Gasteiger partial charge in [0.05, 0.1) is 18.3 Å². The molecule has 0 atom stereocenters. The first-order valence-electron chi connectivity index (χ1n) is 10.6. The average molecular weight is 508 g/mol. The number of phenolic OH excluding ortho intramolecular Hbond substituents is 1. The van der Waals surface area contributed by atoms with Gasteiger partial charge >= 0.3 is 5.69 Å². The fraction of sp³-hybridized carbons (Fsp3) is 0.0769. The van der Waals surface area contributed by atoms with Gasteiger partial charge in [0.25, 0.3) is 5.56 Å². The van der Waals surface area contributed by atoms with Crippen molar-refractivity contribution in [3.63, 3.8) is 0 Å². The number of nitrogens with zero attached hydrogens (tertiary/aromatic N) is 2. The van der Waals surface area contributed by atoms with Gasteiger partial charge in [-0.05, 0) is 54.4 Å². The predicted octanol–water partition coefficient (Wildman–Crippen LogP) is 5.47. The number of hydrogen-bond acceptors (Lipinski definition) is 4. The molecule has 0 aliphatic heterocycles. The van der Waals surface area contributed by atoms with E-state index >= 15 is 0 Å². The van der Waals surface area contributed by atoms with Crippen LogP contribution in [0.25, 0.3) is 33.5 Å². The van der Waals surface area contributed by atoms with Gasteiger partial charge < -0.3 is 14.8 Å². The third-order valence-corrected chi connectivity index (χ3v) is 6.63. The zero-order valence-electron chi connectivity index (χ0n) is 18.7. The van der Waals surface area contributed by atoms with Gasteiger partial charge in [-0.25, -0.2) is 9.36 Å². The van der Waals surface area contributed by atoms with E-state index in [2.05, 4.69) is 4.98 Å². The fourth-order valence-electron chi connectivity index (χ4n) is 4.17. The van der Waals surface area contributed by atoms with Crippen molar-refractivity contribution in [3.8, 4) is 34.0 Å². The Morgan fingerprint density at radius 3 is 2.37 bits per heavy atom. The average Bonchev–Trinajstić information content (AvgIpc) is 3.17. The molecule has 0 spiro atoms. The molecule has 0 unspecified atom stereocenters. The van der Waals surface area contributed by atoms with Crippen molar-refractivity contribution in [2.24, 2.45) is 0 Å². The van der Waals surface area contributed by atoms with Gasteiger partial charge in [-0.3, -0.25) is 9.36 Å². The van der Waals surface area contributed by atoms with Crippen molar-refractivity contribution >= 4 is 34.2 Å². The van der Waals surface area contributed by atoms with Crippen LogP contribution in [0.3, 0.4) is 0 Å². The zero-order chi connectivity index (χ0) is 24.9. The molecule has 0 saturated heterocycles. The van der Waals surface area contributed by atoms with Crippen molar-refractivity contribution in [3.05, 3.63) is 103 Å². The van der Waals surface area contributed by atoms with Crippen LogP contribution in [0.4, 0.5) is 0 Å². The van der Waals surface area contributed by atoms with Gasteiger partial charge in [-0.2, -0.15) is 0 Å². The molecule has 0 aliphatic rings. The van der Waals surface area contributed by atoms with Gasteiger partial charge in [0.2, 0.25) is 0 Å². The van der Waals surface area contributed by atoms with Crippen molar-refractivity contribution < 1.29 is 9.84 Å². The third kappa shape index (κ3) is 3.69. The van der Waals surface area contributed by atoms with Crippen LogP contribution in [-0.4, -0.2) is 26.3 Å². The summed E-state index contributed by atoms with van der Waals surface area (Å²) in [4.78, 5) is 29.2. The van der Waals surface area contributed by atoms with Crippen LogP contribution >= 0.6 is 23.2 Å². The Bertz CT molecular complexity index is 1720. The highest BCUT2D eigenvalue weighted by atomic mass is 35.5. The summed E-state index contributed by atoms with van der Waals surface area (Å²) in [6.45, 7) is 1.74. The number of para-hydroxylation sites is 1. The molecule has 5 rings (SSSR count). The summed E-state index contributed by atoms with van der Waals surface area (Å²) in [5.74, 6) is 0.399. The van der Waals surface area contributed by atoms with Crippen molar-refractivity contribution in [1.29, 1.82) is 0 Å². The monoisotopic (exact) mass is 507 g/mol. The van der Waals surface area contributed by atoms with E-state index in [0.29, 0.717) is 38.8 Å². The van der Waals surface area contributed by atoms with Crippen LogP contribution in [0.15, 0.2) is 76.3 Å². The number of aromatic nitrogens is 3. The fourth-order valence-corrected chi connectivity index (χ4v) is 4.64. The largest absolute Gasteiger partial charge is 0.504 e. The number of aromatic amines is 1. The first kappa shape index (κ1) is 22.8. The highest BCUT2D eigenvalue weighted by Crippen LogP contribution is 2.37. The van der Waals surface area contributed by atoms with Crippen LogP contribution in [0.1, 0.15) is 5.56 Å². The maximum absolute atomic E-state index is 13.6. The summed E-state index contributed by atoms with van der Waals surface area (Å²) in [5.41, 5.74) is 2.35. The van der Waals surface area contributed by atoms with Gasteiger partial charge in [0, 0.05) is 16.3 Å².